The third-order valence-electron chi connectivity index (χ3n) is 1.43. The average Bonchev–Trinajstić information content (AvgIpc) is 2.05. The minimum atomic E-state index is 0.980. The number of nitrogens with zero attached hydrogens (tertiary/aromatic N) is 3. The molecule has 12 heavy (non-hydrogen) atoms. The quantitative estimate of drug-likeness (QED) is 0.486. The molecular weight excluding hydrogens is 150 g/mol. The molecule has 64 valence electrons. The van der Waals surface area contributed by atoms with E-state index in [4.69, 9.17) is 0 Å². The summed E-state index contributed by atoms with van der Waals surface area (Å²) in [6, 6.07) is 3.90. The lowest BCUT2D eigenvalue weighted by molar-refractivity contribution is 0.438. The van der Waals surface area contributed by atoms with Gasteiger partial charge in [-0.3, -0.25) is 4.98 Å². The number of rotatable bonds is 2. The first-order valence-electron chi connectivity index (χ1n) is 3.83. The molecule has 0 radical (unpaired) electrons. The van der Waals surface area contributed by atoms with Gasteiger partial charge < -0.3 is 5.01 Å². The molecule has 0 fully saturated rings. The highest BCUT2D eigenvalue weighted by molar-refractivity contribution is 5.98. The van der Waals surface area contributed by atoms with Crippen LogP contribution >= 0.6 is 0 Å². The lowest BCUT2D eigenvalue weighted by Crippen LogP contribution is -2.07. The maximum absolute atomic E-state index is 4.26. The van der Waals surface area contributed by atoms with E-state index in [1.165, 1.54) is 0 Å². The molecule has 0 saturated carbocycles. The molecule has 0 aliphatic heterocycles. The van der Waals surface area contributed by atoms with Gasteiger partial charge in [0.1, 0.15) is 0 Å². The van der Waals surface area contributed by atoms with Crippen LogP contribution in [-0.2, 0) is 0 Å². The Morgan fingerprint density at radius 3 is 2.75 bits per heavy atom. The fourth-order valence-electron chi connectivity index (χ4n) is 0.935. The number of aromatic nitrogens is 1. The van der Waals surface area contributed by atoms with E-state index in [2.05, 4.69) is 10.1 Å². The Bertz CT molecular complexity index is 264. The van der Waals surface area contributed by atoms with Gasteiger partial charge >= 0.3 is 0 Å². The van der Waals surface area contributed by atoms with E-state index >= 15 is 0 Å². The van der Waals surface area contributed by atoms with Crippen LogP contribution in [0.2, 0.25) is 0 Å². The van der Waals surface area contributed by atoms with Crippen molar-refractivity contribution in [3.05, 3.63) is 30.1 Å². The Balaban J connectivity index is 2.85. The van der Waals surface area contributed by atoms with E-state index in [1.54, 1.807) is 11.2 Å². The van der Waals surface area contributed by atoms with Crippen LogP contribution in [0.3, 0.4) is 0 Å². The van der Waals surface area contributed by atoms with Gasteiger partial charge in [0, 0.05) is 32.1 Å². The van der Waals surface area contributed by atoms with Crippen LogP contribution in [-0.4, -0.2) is 29.8 Å². The van der Waals surface area contributed by atoms with Gasteiger partial charge in [-0.15, -0.1) is 0 Å². The fraction of sp³-hybridized carbons (Fsp3) is 0.333. The highest BCUT2D eigenvalue weighted by Crippen LogP contribution is 1.98. The van der Waals surface area contributed by atoms with Gasteiger partial charge in [-0.1, -0.05) is 6.07 Å². The van der Waals surface area contributed by atoms with Gasteiger partial charge in [0.25, 0.3) is 0 Å². The van der Waals surface area contributed by atoms with Gasteiger partial charge in [0.05, 0.1) is 5.71 Å². The van der Waals surface area contributed by atoms with Crippen LogP contribution in [0.15, 0.2) is 29.6 Å². The summed E-state index contributed by atoms with van der Waals surface area (Å²) < 4.78 is 0. The summed E-state index contributed by atoms with van der Waals surface area (Å²) in [6.45, 7) is 1.97. The van der Waals surface area contributed by atoms with Crippen LogP contribution in [0, 0.1) is 0 Å². The summed E-state index contributed by atoms with van der Waals surface area (Å²) in [4.78, 5) is 4.01. The van der Waals surface area contributed by atoms with Gasteiger partial charge in [0.15, 0.2) is 0 Å². The lowest BCUT2D eigenvalue weighted by Gasteiger charge is -2.06. The summed E-state index contributed by atoms with van der Waals surface area (Å²) in [6.07, 6.45) is 3.56. The fourth-order valence-corrected chi connectivity index (χ4v) is 0.935. The first-order valence-corrected chi connectivity index (χ1v) is 3.83. The van der Waals surface area contributed by atoms with Crippen molar-refractivity contribution in [3.63, 3.8) is 0 Å². The topological polar surface area (TPSA) is 28.5 Å². The Morgan fingerprint density at radius 1 is 1.50 bits per heavy atom. The van der Waals surface area contributed by atoms with E-state index in [0.717, 1.165) is 11.3 Å². The molecule has 1 heterocycles. The molecule has 0 saturated heterocycles. The molecule has 3 nitrogen and oxygen atoms in total. The number of hydrogen-bond donors (Lipinski definition) is 0. The highest BCUT2D eigenvalue weighted by atomic mass is 15.4. The molecule has 0 unspecified atom stereocenters. The molecule has 0 amide bonds. The normalized spacial score (nSPS) is 11.4. The molecule has 0 aliphatic carbocycles. The van der Waals surface area contributed by atoms with Crippen LogP contribution < -0.4 is 0 Å². The predicted octanol–water partition coefficient (Wildman–Crippen LogP) is 1.37. The molecule has 0 atom stereocenters. The maximum Gasteiger partial charge on any atom is 0.0661 e. The molecule has 0 N–H and O–H groups in total. The lowest BCUT2D eigenvalue weighted by atomic mass is 10.2. The zero-order valence-corrected chi connectivity index (χ0v) is 7.65. The Labute approximate surface area is 72.7 Å². The minimum Gasteiger partial charge on any atom is -0.303 e. The first kappa shape index (κ1) is 8.71. The zero-order chi connectivity index (χ0) is 8.97. The van der Waals surface area contributed by atoms with Crippen molar-refractivity contribution in [1.29, 1.82) is 0 Å². The summed E-state index contributed by atoms with van der Waals surface area (Å²) in [5.41, 5.74) is 2.04. The van der Waals surface area contributed by atoms with E-state index in [1.807, 2.05) is 39.3 Å². The summed E-state index contributed by atoms with van der Waals surface area (Å²) >= 11 is 0. The molecule has 1 aromatic rings. The van der Waals surface area contributed by atoms with Gasteiger partial charge in [0.2, 0.25) is 0 Å². The third-order valence-corrected chi connectivity index (χ3v) is 1.43. The van der Waals surface area contributed by atoms with Crippen molar-refractivity contribution in [3.8, 4) is 0 Å². The van der Waals surface area contributed by atoms with Crippen molar-refractivity contribution in [2.24, 2.45) is 5.10 Å². The van der Waals surface area contributed by atoms with Gasteiger partial charge in [-0.25, -0.2) is 0 Å². The van der Waals surface area contributed by atoms with Crippen molar-refractivity contribution in [1.82, 2.24) is 9.99 Å². The first-order chi connectivity index (χ1) is 5.70. The molecular formula is C9H13N3. The second kappa shape index (κ2) is 3.85. The Morgan fingerprint density at radius 2 is 2.25 bits per heavy atom. The minimum absolute atomic E-state index is 0.980. The van der Waals surface area contributed by atoms with Crippen LogP contribution in [0.4, 0.5) is 0 Å². The predicted molar refractivity (Wildman–Crippen MR) is 50.1 cm³/mol. The SMILES string of the molecule is C/C(=N\N(C)C)c1cccnc1. The van der Waals surface area contributed by atoms with E-state index in [0.29, 0.717) is 0 Å². The maximum atomic E-state index is 4.26. The number of hydrogen-bond acceptors (Lipinski definition) is 3. The van der Waals surface area contributed by atoms with Crippen molar-refractivity contribution in [2.75, 3.05) is 14.1 Å². The monoisotopic (exact) mass is 163 g/mol. The molecule has 0 spiro atoms. The smallest absolute Gasteiger partial charge is 0.0661 e. The van der Waals surface area contributed by atoms with Crippen molar-refractivity contribution >= 4 is 5.71 Å². The van der Waals surface area contributed by atoms with Crippen molar-refractivity contribution < 1.29 is 0 Å². The number of hydrazone groups is 1. The number of pyridine rings is 1. The molecule has 1 aromatic heterocycles. The molecule has 3 heteroatoms. The summed E-state index contributed by atoms with van der Waals surface area (Å²) in [5.74, 6) is 0. The Hall–Kier alpha value is -1.38. The van der Waals surface area contributed by atoms with Gasteiger partial charge in [-0.05, 0) is 13.0 Å². The standard InChI is InChI=1S/C9H13N3/c1-8(11-12(2)3)9-5-4-6-10-7-9/h4-7H,1-3H3/b11-8+. The van der Waals surface area contributed by atoms with Crippen LogP contribution in [0.1, 0.15) is 12.5 Å². The largest absolute Gasteiger partial charge is 0.303 e. The molecule has 0 bridgehead atoms. The second-order valence-electron chi connectivity index (χ2n) is 2.77. The summed E-state index contributed by atoms with van der Waals surface area (Å²) in [5, 5.41) is 6.04. The van der Waals surface area contributed by atoms with E-state index < -0.39 is 0 Å². The van der Waals surface area contributed by atoms with E-state index in [-0.39, 0.29) is 0 Å². The average molecular weight is 163 g/mol. The zero-order valence-electron chi connectivity index (χ0n) is 7.65. The Kier molecular flexibility index (Phi) is 2.80. The van der Waals surface area contributed by atoms with Gasteiger partial charge in [-0.2, -0.15) is 5.10 Å². The molecule has 1 rings (SSSR count). The summed E-state index contributed by atoms with van der Waals surface area (Å²) in [7, 11) is 3.81. The molecule has 0 aromatic carbocycles. The third kappa shape index (κ3) is 2.34. The second-order valence-corrected chi connectivity index (χ2v) is 2.77. The van der Waals surface area contributed by atoms with E-state index in [9.17, 15) is 0 Å². The van der Waals surface area contributed by atoms with Crippen LogP contribution in [0.5, 0.6) is 0 Å². The highest BCUT2D eigenvalue weighted by Gasteiger charge is 1.95. The molecule has 0 aliphatic rings. The van der Waals surface area contributed by atoms with Crippen molar-refractivity contribution in [2.45, 2.75) is 6.92 Å². The van der Waals surface area contributed by atoms with Crippen LogP contribution in [0.25, 0.3) is 0 Å².